The summed E-state index contributed by atoms with van der Waals surface area (Å²) in [7, 11) is 1.69. The molecular formula is C13H20N2O3. The lowest BCUT2D eigenvalue weighted by molar-refractivity contribution is -0.157. The Morgan fingerprint density at radius 1 is 1.33 bits per heavy atom. The van der Waals surface area contributed by atoms with Crippen LogP contribution in [0.15, 0.2) is 0 Å². The van der Waals surface area contributed by atoms with Crippen LogP contribution in [-0.4, -0.2) is 48.1 Å². The normalized spacial score (nSPS) is 40.4. The summed E-state index contributed by atoms with van der Waals surface area (Å²) in [5.74, 6) is 0.407. The molecule has 0 radical (unpaired) electrons. The van der Waals surface area contributed by atoms with Crippen molar-refractivity contribution < 1.29 is 14.3 Å². The monoisotopic (exact) mass is 252 g/mol. The lowest BCUT2D eigenvalue weighted by atomic mass is 9.84. The van der Waals surface area contributed by atoms with Gasteiger partial charge in [-0.2, -0.15) is 0 Å². The van der Waals surface area contributed by atoms with Crippen molar-refractivity contribution in [3.63, 3.8) is 0 Å². The first kappa shape index (κ1) is 12.0. The largest absolute Gasteiger partial charge is 0.381 e. The highest BCUT2D eigenvalue weighted by molar-refractivity contribution is 5.98. The van der Waals surface area contributed by atoms with Crippen LogP contribution in [0.5, 0.6) is 0 Å². The first-order valence-electron chi connectivity index (χ1n) is 6.69. The maximum absolute atomic E-state index is 12.6. The van der Waals surface area contributed by atoms with Crippen LogP contribution in [0.1, 0.15) is 32.6 Å². The number of hydrogen-bond donors (Lipinski definition) is 1. The lowest BCUT2D eigenvalue weighted by Gasteiger charge is -2.48. The average Bonchev–Trinajstić information content (AvgIpc) is 3.07. The first-order valence-corrected chi connectivity index (χ1v) is 6.69. The molecule has 0 aromatic heterocycles. The molecule has 18 heavy (non-hydrogen) atoms. The van der Waals surface area contributed by atoms with E-state index in [-0.39, 0.29) is 30.5 Å². The number of hydrogen-bond acceptors (Lipinski definition) is 3. The summed E-state index contributed by atoms with van der Waals surface area (Å²) in [4.78, 5) is 26.2. The van der Waals surface area contributed by atoms with E-state index >= 15 is 0 Å². The Hall–Kier alpha value is -1.10. The van der Waals surface area contributed by atoms with Crippen molar-refractivity contribution in [1.29, 1.82) is 0 Å². The molecule has 100 valence electrons. The number of rotatable bonds is 3. The summed E-state index contributed by atoms with van der Waals surface area (Å²) in [6, 6.07) is 0.187. The van der Waals surface area contributed by atoms with Crippen LogP contribution >= 0.6 is 0 Å². The van der Waals surface area contributed by atoms with Crippen LogP contribution < -0.4 is 5.32 Å². The molecule has 3 fully saturated rings. The zero-order valence-corrected chi connectivity index (χ0v) is 10.9. The highest BCUT2D eigenvalue weighted by Crippen LogP contribution is 2.43. The van der Waals surface area contributed by atoms with E-state index in [1.807, 2.05) is 6.92 Å². The van der Waals surface area contributed by atoms with Gasteiger partial charge in [0.05, 0.1) is 12.6 Å². The Bertz CT molecular complexity index is 388. The van der Waals surface area contributed by atoms with Gasteiger partial charge in [-0.1, -0.05) is 0 Å². The summed E-state index contributed by atoms with van der Waals surface area (Å²) in [6.07, 6.45) is 4.05. The van der Waals surface area contributed by atoms with Gasteiger partial charge in [-0.05, 0) is 38.5 Å². The molecule has 0 aromatic carbocycles. The van der Waals surface area contributed by atoms with Gasteiger partial charge < -0.3 is 15.0 Å². The highest BCUT2D eigenvalue weighted by atomic mass is 16.5. The van der Waals surface area contributed by atoms with E-state index < -0.39 is 5.54 Å². The molecule has 1 N–H and O–H groups in total. The van der Waals surface area contributed by atoms with Crippen LogP contribution in [0.4, 0.5) is 0 Å². The number of piperazine rings is 1. The minimum atomic E-state index is -0.659. The van der Waals surface area contributed by atoms with Crippen molar-refractivity contribution in [2.75, 3.05) is 13.7 Å². The van der Waals surface area contributed by atoms with Crippen LogP contribution in [0.3, 0.4) is 0 Å². The van der Waals surface area contributed by atoms with Crippen molar-refractivity contribution >= 4 is 11.8 Å². The topological polar surface area (TPSA) is 58.6 Å². The molecule has 5 nitrogen and oxygen atoms in total. The molecular weight excluding hydrogens is 232 g/mol. The van der Waals surface area contributed by atoms with Gasteiger partial charge >= 0.3 is 0 Å². The van der Waals surface area contributed by atoms with Crippen LogP contribution in [0.25, 0.3) is 0 Å². The van der Waals surface area contributed by atoms with Crippen molar-refractivity contribution in [2.45, 2.75) is 50.3 Å². The number of ether oxygens (including phenoxy) is 1. The van der Waals surface area contributed by atoms with E-state index in [0.717, 1.165) is 25.7 Å². The molecule has 0 spiro atoms. The van der Waals surface area contributed by atoms with Crippen LogP contribution in [0, 0.1) is 5.92 Å². The maximum atomic E-state index is 12.6. The van der Waals surface area contributed by atoms with Gasteiger partial charge in [0, 0.05) is 13.2 Å². The third kappa shape index (κ3) is 1.72. The summed E-state index contributed by atoms with van der Waals surface area (Å²) < 4.78 is 5.24. The van der Waals surface area contributed by atoms with Gasteiger partial charge in [0.15, 0.2) is 0 Å². The summed E-state index contributed by atoms with van der Waals surface area (Å²) >= 11 is 0. The third-order valence-corrected chi connectivity index (χ3v) is 4.66. The van der Waals surface area contributed by atoms with Gasteiger partial charge in [-0.3, -0.25) is 9.59 Å². The first-order chi connectivity index (χ1) is 8.54. The van der Waals surface area contributed by atoms with Gasteiger partial charge in [-0.15, -0.1) is 0 Å². The van der Waals surface area contributed by atoms with E-state index in [1.165, 1.54) is 0 Å². The Morgan fingerprint density at radius 2 is 2.00 bits per heavy atom. The van der Waals surface area contributed by atoms with E-state index in [9.17, 15) is 9.59 Å². The van der Waals surface area contributed by atoms with E-state index in [1.54, 1.807) is 12.0 Å². The number of carbonyl (C=O) groups is 2. The molecule has 0 bridgehead atoms. The second-order valence-electron chi connectivity index (χ2n) is 5.94. The second kappa shape index (κ2) is 3.95. The second-order valence-corrected chi connectivity index (χ2v) is 5.94. The molecule has 0 aromatic rings. The number of nitrogens with one attached hydrogen (secondary N) is 1. The predicted molar refractivity (Wildman–Crippen MR) is 64.8 cm³/mol. The van der Waals surface area contributed by atoms with E-state index in [0.29, 0.717) is 5.92 Å². The fourth-order valence-electron chi connectivity index (χ4n) is 3.12. The minimum absolute atomic E-state index is 0.0233. The Labute approximate surface area is 107 Å². The Balaban J connectivity index is 1.74. The molecule has 1 atom stereocenters. The lowest BCUT2D eigenvalue weighted by Crippen LogP contribution is -2.69. The zero-order valence-electron chi connectivity index (χ0n) is 10.9. The standard InChI is InChI=1S/C13H20N2O3/c1-13(8-3-4-8)12(17)15(7-11(16)14-13)9-5-10(6-9)18-2/h8-10H,3-7H2,1-2H3,(H,14,16). The van der Waals surface area contributed by atoms with Crippen molar-refractivity contribution in [3.05, 3.63) is 0 Å². The molecule has 3 aliphatic rings. The van der Waals surface area contributed by atoms with Gasteiger partial charge in [-0.25, -0.2) is 0 Å². The molecule has 5 heteroatoms. The quantitative estimate of drug-likeness (QED) is 0.785. The zero-order chi connectivity index (χ0) is 12.9. The highest BCUT2D eigenvalue weighted by Gasteiger charge is 2.54. The molecule has 2 amide bonds. The maximum Gasteiger partial charge on any atom is 0.249 e. The summed E-state index contributed by atoms with van der Waals surface area (Å²) in [6.45, 7) is 2.09. The van der Waals surface area contributed by atoms with Crippen LogP contribution in [-0.2, 0) is 14.3 Å². The molecule has 3 rings (SSSR count). The predicted octanol–water partition coefficient (Wildman–Crippen LogP) is 0.291. The fraction of sp³-hybridized carbons (Fsp3) is 0.846. The van der Waals surface area contributed by atoms with Crippen LogP contribution in [0.2, 0.25) is 0 Å². The number of nitrogens with zero attached hydrogens (tertiary/aromatic N) is 1. The van der Waals surface area contributed by atoms with Gasteiger partial charge in [0.1, 0.15) is 5.54 Å². The fourth-order valence-corrected chi connectivity index (χ4v) is 3.12. The van der Waals surface area contributed by atoms with Gasteiger partial charge in [0.2, 0.25) is 11.8 Å². The molecule has 2 saturated carbocycles. The Kier molecular flexibility index (Phi) is 2.62. The average molecular weight is 252 g/mol. The van der Waals surface area contributed by atoms with E-state index in [2.05, 4.69) is 5.32 Å². The number of carbonyl (C=O) groups excluding carboxylic acids is 2. The molecule has 2 aliphatic carbocycles. The third-order valence-electron chi connectivity index (χ3n) is 4.66. The minimum Gasteiger partial charge on any atom is -0.381 e. The molecule has 1 saturated heterocycles. The van der Waals surface area contributed by atoms with Crippen molar-refractivity contribution in [3.8, 4) is 0 Å². The smallest absolute Gasteiger partial charge is 0.249 e. The number of amides is 2. The SMILES string of the molecule is COC1CC(N2CC(=O)NC(C)(C3CC3)C2=O)C1. The molecule has 1 heterocycles. The van der Waals surface area contributed by atoms with Crippen molar-refractivity contribution in [2.24, 2.45) is 5.92 Å². The molecule has 1 unspecified atom stereocenters. The number of methoxy groups -OCH3 is 1. The van der Waals surface area contributed by atoms with Gasteiger partial charge in [0.25, 0.3) is 0 Å². The van der Waals surface area contributed by atoms with E-state index in [4.69, 9.17) is 4.74 Å². The molecule has 1 aliphatic heterocycles. The van der Waals surface area contributed by atoms with Crippen molar-refractivity contribution in [1.82, 2.24) is 10.2 Å². The summed E-state index contributed by atoms with van der Waals surface area (Å²) in [5.41, 5.74) is -0.659. The summed E-state index contributed by atoms with van der Waals surface area (Å²) in [5, 5.41) is 2.90. The Morgan fingerprint density at radius 3 is 2.56 bits per heavy atom.